The molecule has 5 heteroatoms. The first-order valence-electron chi connectivity index (χ1n) is 6.30. The predicted molar refractivity (Wildman–Crippen MR) is 75.7 cm³/mol. The van der Waals surface area contributed by atoms with Gasteiger partial charge in [0.15, 0.2) is 0 Å². The third kappa shape index (κ3) is 3.49. The van der Waals surface area contributed by atoms with Crippen LogP contribution in [0.1, 0.15) is 16.8 Å². The van der Waals surface area contributed by atoms with Gasteiger partial charge in [-0.1, -0.05) is 12.1 Å². The highest BCUT2D eigenvalue weighted by molar-refractivity contribution is 7.98. The number of carbonyl (C=O) groups excluding carboxylic acids is 1. The Morgan fingerprint density at radius 3 is 3.00 bits per heavy atom. The van der Waals surface area contributed by atoms with E-state index < -0.39 is 0 Å². The number of carbonyl (C=O) groups is 1. The third-order valence-electron chi connectivity index (χ3n) is 3.27. The number of rotatable bonds is 4. The summed E-state index contributed by atoms with van der Waals surface area (Å²) >= 11 is 1.58. The minimum absolute atomic E-state index is 0.0150. The van der Waals surface area contributed by atoms with Crippen molar-refractivity contribution in [2.75, 3.05) is 26.6 Å². The molecule has 0 aliphatic carbocycles. The van der Waals surface area contributed by atoms with Crippen molar-refractivity contribution in [2.45, 2.75) is 23.5 Å². The van der Waals surface area contributed by atoms with E-state index >= 15 is 0 Å². The first-order chi connectivity index (χ1) is 9.26. The molecule has 2 atom stereocenters. The summed E-state index contributed by atoms with van der Waals surface area (Å²) in [6.45, 7) is 1.20. The Labute approximate surface area is 117 Å². The molecule has 1 amide bonds. The average molecular weight is 281 g/mol. The van der Waals surface area contributed by atoms with Crippen LogP contribution in [0.25, 0.3) is 0 Å². The van der Waals surface area contributed by atoms with Gasteiger partial charge in [-0.25, -0.2) is 0 Å². The van der Waals surface area contributed by atoms with Gasteiger partial charge in [0.25, 0.3) is 5.91 Å². The maximum Gasteiger partial charge on any atom is 0.252 e. The normalized spacial score (nSPS) is 23.1. The molecule has 0 saturated carbocycles. The number of methoxy groups -OCH3 is 1. The Bertz CT molecular complexity index is 438. The van der Waals surface area contributed by atoms with Gasteiger partial charge in [-0.3, -0.25) is 4.79 Å². The quantitative estimate of drug-likeness (QED) is 0.857. The van der Waals surface area contributed by atoms with Crippen molar-refractivity contribution in [1.29, 1.82) is 0 Å². The van der Waals surface area contributed by atoms with Gasteiger partial charge in [-0.05, 0) is 24.8 Å². The molecule has 4 nitrogen and oxygen atoms in total. The zero-order valence-corrected chi connectivity index (χ0v) is 12.0. The van der Waals surface area contributed by atoms with Gasteiger partial charge in [-0.2, -0.15) is 0 Å². The van der Waals surface area contributed by atoms with Crippen molar-refractivity contribution in [2.24, 2.45) is 0 Å². The molecule has 1 heterocycles. The van der Waals surface area contributed by atoms with Gasteiger partial charge in [0.1, 0.15) is 6.10 Å². The van der Waals surface area contributed by atoms with Gasteiger partial charge in [0.05, 0.1) is 18.2 Å². The van der Waals surface area contributed by atoms with E-state index in [2.05, 4.69) is 5.32 Å². The lowest BCUT2D eigenvalue weighted by Crippen LogP contribution is -2.49. The van der Waals surface area contributed by atoms with Crippen LogP contribution in [0, 0.1) is 0 Å². The highest BCUT2D eigenvalue weighted by atomic mass is 32.2. The molecule has 0 bridgehead atoms. The molecular formula is C14H19NO3S. The van der Waals surface area contributed by atoms with Crippen molar-refractivity contribution in [3.8, 4) is 0 Å². The number of ether oxygens (including phenoxy) is 2. The van der Waals surface area contributed by atoms with Crippen LogP contribution >= 0.6 is 11.8 Å². The lowest BCUT2D eigenvalue weighted by molar-refractivity contribution is -0.0479. The zero-order valence-electron chi connectivity index (χ0n) is 11.2. The zero-order chi connectivity index (χ0) is 13.7. The number of thioether (sulfide) groups is 1. The highest BCUT2D eigenvalue weighted by Gasteiger charge is 2.27. The van der Waals surface area contributed by atoms with Crippen molar-refractivity contribution < 1.29 is 14.3 Å². The smallest absolute Gasteiger partial charge is 0.252 e. The van der Waals surface area contributed by atoms with Crippen LogP contribution < -0.4 is 5.32 Å². The van der Waals surface area contributed by atoms with Crippen LogP contribution in [-0.2, 0) is 9.47 Å². The third-order valence-corrected chi connectivity index (χ3v) is 4.07. The molecule has 1 aliphatic heterocycles. The molecule has 2 rings (SSSR count). The SMILES string of the molecule is CO[C@@H]1COCC[C@H]1NC(=O)c1ccccc1SC. The monoisotopic (exact) mass is 281 g/mol. The summed E-state index contributed by atoms with van der Waals surface area (Å²) in [4.78, 5) is 13.3. The molecule has 1 fully saturated rings. The fourth-order valence-electron chi connectivity index (χ4n) is 2.19. The lowest BCUT2D eigenvalue weighted by atomic mass is 10.1. The first-order valence-corrected chi connectivity index (χ1v) is 7.53. The van der Waals surface area contributed by atoms with Crippen LogP contribution in [0.2, 0.25) is 0 Å². The second-order valence-corrected chi connectivity index (χ2v) is 5.27. The summed E-state index contributed by atoms with van der Waals surface area (Å²) in [5.41, 5.74) is 0.719. The van der Waals surface area contributed by atoms with E-state index in [1.807, 2.05) is 30.5 Å². The van der Waals surface area contributed by atoms with Crippen LogP contribution in [0.3, 0.4) is 0 Å². The molecule has 19 heavy (non-hydrogen) atoms. The molecule has 0 radical (unpaired) electrons. The van der Waals surface area contributed by atoms with Gasteiger partial charge in [-0.15, -0.1) is 11.8 Å². The Kier molecular flexibility index (Phi) is 5.24. The highest BCUT2D eigenvalue weighted by Crippen LogP contribution is 2.20. The average Bonchev–Trinajstić information content (AvgIpc) is 2.47. The Morgan fingerprint density at radius 1 is 1.47 bits per heavy atom. The fraction of sp³-hybridized carbons (Fsp3) is 0.500. The van der Waals surface area contributed by atoms with Crippen molar-refractivity contribution >= 4 is 17.7 Å². The van der Waals surface area contributed by atoms with E-state index in [4.69, 9.17) is 9.47 Å². The van der Waals surface area contributed by atoms with Crippen molar-refractivity contribution in [3.05, 3.63) is 29.8 Å². The Hall–Kier alpha value is -1.04. The molecule has 104 valence electrons. The van der Waals surface area contributed by atoms with Crippen molar-refractivity contribution in [1.82, 2.24) is 5.32 Å². The maximum atomic E-state index is 12.3. The first kappa shape index (κ1) is 14.4. The Balaban J connectivity index is 2.07. The van der Waals surface area contributed by atoms with E-state index in [0.717, 1.165) is 16.9 Å². The summed E-state index contributed by atoms with van der Waals surface area (Å²) < 4.78 is 10.7. The molecule has 1 saturated heterocycles. The lowest BCUT2D eigenvalue weighted by Gasteiger charge is -2.31. The second-order valence-electron chi connectivity index (χ2n) is 4.42. The molecule has 1 aromatic carbocycles. The number of hydrogen-bond acceptors (Lipinski definition) is 4. The summed E-state index contributed by atoms with van der Waals surface area (Å²) in [6, 6.07) is 7.64. The molecule has 1 aliphatic rings. The molecule has 0 unspecified atom stereocenters. The van der Waals surface area contributed by atoms with E-state index in [9.17, 15) is 4.79 Å². The maximum absolute atomic E-state index is 12.3. The summed E-state index contributed by atoms with van der Waals surface area (Å²) in [5, 5.41) is 3.05. The Morgan fingerprint density at radius 2 is 2.26 bits per heavy atom. The van der Waals surface area contributed by atoms with E-state index in [1.165, 1.54) is 0 Å². The van der Waals surface area contributed by atoms with Gasteiger partial charge in [0, 0.05) is 18.6 Å². The van der Waals surface area contributed by atoms with Crippen LogP contribution in [0.5, 0.6) is 0 Å². The topological polar surface area (TPSA) is 47.6 Å². The second kappa shape index (κ2) is 6.93. The molecular weight excluding hydrogens is 262 g/mol. The van der Waals surface area contributed by atoms with Crippen LogP contribution in [0.4, 0.5) is 0 Å². The van der Waals surface area contributed by atoms with Crippen molar-refractivity contribution in [3.63, 3.8) is 0 Å². The number of amides is 1. The van der Waals surface area contributed by atoms with E-state index in [1.54, 1.807) is 18.9 Å². The van der Waals surface area contributed by atoms with E-state index in [0.29, 0.717) is 13.2 Å². The molecule has 1 N–H and O–H groups in total. The number of hydrogen-bond donors (Lipinski definition) is 1. The van der Waals surface area contributed by atoms with Crippen LogP contribution in [0.15, 0.2) is 29.2 Å². The number of nitrogens with one attached hydrogen (secondary N) is 1. The number of benzene rings is 1. The predicted octanol–water partition coefficient (Wildman–Crippen LogP) is 1.94. The fourth-order valence-corrected chi connectivity index (χ4v) is 2.78. The summed E-state index contributed by atoms with van der Waals surface area (Å²) in [7, 11) is 1.65. The van der Waals surface area contributed by atoms with E-state index in [-0.39, 0.29) is 18.1 Å². The standard InChI is InChI=1S/C14H19NO3S/c1-17-12-9-18-8-7-11(12)15-14(16)10-5-3-4-6-13(10)19-2/h3-6,11-12H,7-9H2,1-2H3,(H,15,16)/t11-,12-/m1/s1. The van der Waals surface area contributed by atoms with Gasteiger partial charge < -0.3 is 14.8 Å². The minimum atomic E-state index is -0.0702. The summed E-state index contributed by atoms with van der Waals surface area (Å²) in [5.74, 6) is -0.0427. The molecule has 0 spiro atoms. The molecule has 0 aromatic heterocycles. The van der Waals surface area contributed by atoms with Gasteiger partial charge in [0.2, 0.25) is 0 Å². The minimum Gasteiger partial charge on any atom is -0.379 e. The molecule has 1 aromatic rings. The largest absolute Gasteiger partial charge is 0.379 e. The van der Waals surface area contributed by atoms with Crippen LogP contribution in [-0.4, -0.2) is 44.6 Å². The van der Waals surface area contributed by atoms with Gasteiger partial charge >= 0.3 is 0 Å². The summed E-state index contributed by atoms with van der Waals surface area (Å²) in [6.07, 6.45) is 2.68.